The number of hydrogen-bond donors (Lipinski definition) is 1. The zero-order chi connectivity index (χ0) is 17.9. The molecule has 26 heavy (non-hydrogen) atoms. The van der Waals surface area contributed by atoms with E-state index < -0.39 is 0 Å². The van der Waals surface area contributed by atoms with E-state index in [0.717, 1.165) is 20.7 Å². The van der Waals surface area contributed by atoms with Crippen LogP contribution in [-0.2, 0) is 11.3 Å². The van der Waals surface area contributed by atoms with Gasteiger partial charge in [0, 0.05) is 10.1 Å². The summed E-state index contributed by atoms with van der Waals surface area (Å²) in [5, 5.41) is 10.6. The van der Waals surface area contributed by atoms with Crippen LogP contribution in [-0.4, -0.2) is 11.1 Å². The van der Waals surface area contributed by atoms with Crippen LogP contribution in [0.25, 0.3) is 20.5 Å². The van der Waals surface area contributed by atoms with Crippen LogP contribution in [0.2, 0.25) is 0 Å². The summed E-state index contributed by atoms with van der Waals surface area (Å²) in [5.74, 6) is -0.253. The first-order valence-electron chi connectivity index (χ1n) is 8.24. The lowest BCUT2D eigenvalue weighted by atomic mass is 10.1. The van der Waals surface area contributed by atoms with Gasteiger partial charge in [-0.15, -0.1) is 11.3 Å². The average Bonchev–Trinajstić information content (AvgIpc) is 3.06. The molecule has 4 rings (SSSR count). The number of aromatic hydroxyl groups is 1. The SMILES string of the molecule is O=C(OCc1ccccc1)c1c(-c2ccccc2)sc2ccc(O)cc12. The molecule has 128 valence electrons. The third-order valence-corrected chi connectivity index (χ3v) is 5.34. The fraction of sp³-hybridized carbons (Fsp3) is 0.0455. The van der Waals surface area contributed by atoms with Crippen LogP contribution < -0.4 is 0 Å². The Bertz CT molecular complexity index is 1050. The van der Waals surface area contributed by atoms with E-state index in [1.807, 2.05) is 66.7 Å². The van der Waals surface area contributed by atoms with Gasteiger partial charge in [-0.1, -0.05) is 60.7 Å². The number of carbonyl (C=O) groups is 1. The monoisotopic (exact) mass is 360 g/mol. The van der Waals surface area contributed by atoms with Crippen molar-refractivity contribution in [1.82, 2.24) is 0 Å². The molecule has 0 saturated carbocycles. The minimum Gasteiger partial charge on any atom is -0.508 e. The Morgan fingerprint density at radius 3 is 2.35 bits per heavy atom. The first-order valence-corrected chi connectivity index (χ1v) is 9.06. The number of phenols is 1. The van der Waals surface area contributed by atoms with Crippen LogP contribution >= 0.6 is 11.3 Å². The fourth-order valence-corrected chi connectivity index (χ4v) is 4.05. The number of esters is 1. The smallest absolute Gasteiger partial charge is 0.340 e. The number of fused-ring (bicyclic) bond motifs is 1. The van der Waals surface area contributed by atoms with Crippen LogP contribution in [0.3, 0.4) is 0 Å². The molecule has 0 unspecified atom stereocenters. The summed E-state index contributed by atoms with van der Waals surface area (Å²) in [5.41, 5.74) is 2.40. The third kappa shape index (κ3) is 3.19. The van der Waals surface area contributed by atoms with Crippen LogP contribution in [0.15, 0.2) is 78.9 Å². The van der Waals surface area contributed by atoms with E-state index in [4.69, 9.17) is 4.74 Å². The summed E-state index contributed by atoms with van der Waals surface area (Å²) in [6.07, 6.45) is 0. The Morgan fingerprint density at radius 2 is 1.62 bits per heavy atom. The van der Waals surface area contributed by atoms with Crippen molar-refractivity contribution >= 4 is 27.4 Å². The molecule has 0 saturated heterocycles. The summed E-state index contributed by atoms with van der Waals surface area (Å²) in [6, 6.07) is 24.4. The topological polar surface area (TPSA) is 46.5 Å². The number of thiophene rings is 1. The Hall–Kier alpha value is -3.11. The molecular formula is C22H16O3S. The zero-order valence-corrected chi connectivity index (χ0v) is 14.7. The van der Waals surface area contributed by atoms with Gasteiger partial charge in [-0.25, -0.2) is 4.79 Å². The Labute approximate surface area is 155 Å². The molecule has 0 aliphatic carbocycles. The molecule has 0 spiro atoms. The van der Waals surface area contributed by atoms with E-state index in [2.05, 4.69) is 0 Å². The zero-order valence-electron chi connectivity index (χ0n) is 13.9. The third-order valence-electron chi connectivity index (χ3n) is 4.12. The van der Waals surface area contributed by atoms with Gasteiger partial charge in [-0.2, -0.15) is 0 Å². The van der Waals surface area contributed by atoms with E-state index in [1.54, 1.807) is 12.1 Å². The van der Waals surface area contributed by atoms with Crippen molar-refractivity contribution in [2.45, 2.75) is 6.61 Å². The molecule has 1 heterocycles. The van der Waals surface area contributed by atoms with Gasteiger partial charge in [-0.3, -0.25) is 0 Å². The van der Waals surface area contributed by atoms with Crippen molar-refractivity contribution in [2.75, 3.05) is 0 Å². The Morgan fingerprint density at radius 1 is 0.923 bits per heavy atom. The van der Waals surface area contributed by atoms with Crippen molar-refractivity contribution in [3.63, 3.8) is 0 Å². The molecule has 3 nitrogen and oxygen atoms in total. The predicted octanol–water partition coefficient (Wildman–Crippen LogP) is 5.63. The van der Waals surface area contributed by atoms with Crippen molar-refractivity contribution in [2.24, 2.45) is 0 Å². The molecule has 4 aromatic rings. The fourth-order valence-electron chi connectivity index (χ4n) is 2.88. The molecular weight excluding hydrogens is 344 g/mol. The van der Waals surface area contributed by atoms with Crippen LogP contribution in [0.4, 0.5) is 0 Å². The van der Waals surface area contributed by atoms with Gasteiger partial charge >= 0.3 is 5.97 Å². The molecule has 0 aliphatic heterocycles. The lowest BCUT2D eigenvalue weighted by Crippen LogP contribution is -2.06. The van der Waals surface area contributed by atoms with Gasteiger partial charge in [0.15, 0.2) is 0 Å². The van der Waals surface area contributed by atoms with Gasteiger partial charge in [-0.05, 0) is 29.3 Å². The highest BCUT2D eigenvalue weighted by atomic mass is 32.1. The van der Waals surface area contributed by atoms with Gasteiger partial charge in [0.25, 0.3) is 0 Å². The molecule has 0 bridgehead atoms. The maximum absolute atomic E-state index is 12.9. The van der Waals surface area contributed by atoms with Crippen molar-refractivity contribution in [1.29, 1.82) is 0 Å². The van der Waals surface area contributed by atoms with Crippen LogP contribution in [0.5, 0.6) is 5.75 Å². The molecule has 0 amide bonds. The van der Waals surface area contributed by atoms with Gasteiger partial charge in [0.1, 0.15) is 12.4 Å². The maximum atomic E-state index is 12.9. The first-order chi connectivity index (χ1) is 12.7. The van der Waals surface area contributed by atoms with Crippen LogP contribution in [0.1, 0.15) is 15.9 Å². The standard InChI is InChI=1S/C22H16O3S/c23-17-11-12-19-18(13-17)20(21(26-19)16-9-5-2-6-10-16)22(24)25-14-15-7-3-1-4-8-15/h1-13,23H,14H2. The van der Waals surface area contributed by atoms with E-state index in [-0.39, 0.29) is 18.3 Å². The number of benzene rings is 3. The predicted molar refractivity (Wildman–Crippen MR) is 104 cm³/mol. The maximum Gasteiger partial charge on any atom is 0.340 e. The minimum absolute atomic E-state index is 0.132. The normalized spacial score (nSPS) is 10.8. The molecule has 0 fully saturated rings. The van der Waals surface area contributed by atoms with Crippen molar-refractivity contribution in [3.8, 4) is 16.2 Å². The second-order valence-electron chi connectivity index (χ2n) is 5.91. The molecule has 1 N–H and O–H groups in total. The summed E-state index contributed by atoms with van der Waals surface area (Å²) in [4.78, 5) is 13.8. The number of hydrogen-bond acceptors (Lipinski definition) is 4. The Balaban J connectivity index is 1.76. The molecule has 1 aromatic heterocycles. The van der Waals surface area contributed by atoms with Crippen molar-refractivity contribution < 1.29 is 14.6 Å². The van der Waals surface area contributed by atoms with Gasteiger partial charge < -0.3 is 9.84 Å². The molecule has 0 atom stereocenters. The lowest BCUT2D eigenvalue weighted by molar-refractivity contribution is 0.0476. The molecule has 3 aromatic carbocycles. The largest absolute Gasteiger partial charge is 0.508 e. The molecule has 0 radical (unpaired) electrons. The van der Waals surface area contributed by atoms with Gasteiger partial charge in [0.05, 0.1) is 10.4 Å². The van der Waals surface area contributed by atoms with Crippen LogP contribution in [0, 0.1) is 0 Å². The van der Waals surface area contributed by atoms with E-state index in [9.17, 15) is 9.90 Å². The summed E-state index contributed by atoms with van der Waals surface area (Å²) in [6.45, 7) is 0.212. The van der Waals surface area contributed by atoms with Crippen molar-refractivity contribution in [3.05, 3.63) is 90.0 Å². The highest BCUT2D eigenvalue weighted by Crippen LogP contribution is 2.40. The number of ether oxygens (including phenoxy) is 1. The number of rotatable bonds is 4. The summed E-state index contributed by atoms with van der Waals surface area (Å²) >= 11 is 1.52. The lowest BCUT2D eigenvalue weighted by Gasteiger charge is -2.07. The number of phenolic OH excluding ortho intramolecular Hbond substituents is 1. The van der Waals surface area contributed by atoms with E-state index in [1.165, 1.54) is 11.3 Å². The highest BCUT2D eigenvalue weighted by Gasteiger charge is 2.22. The average molecular weight is 360 g/mol. The van der Waals surface area contributed by atoms with E-state index >= 15 is 0 Å². The second-order valence-corrected chi connectivity index (χ2v) is 6.97. The summed E-state index contributed by atoms with van der Waals surface area (Å²) in [7, 11) is 0. The quantitative estimate of drug-likeness (QED) is 0.480. The second kappa shape index (κ2) is 7.02. The minimum atomic E-state index is -0.385. The van der Waals surface area contributed by atoms with E-state index in [0.29, 0.717) is 10.9 Å². The summed E-state index contributed by atoms with van der Waals surface area (Å²) < 4.78 is 6.51. The van der Waals surface area contributed by atoms with Gasteiger partial charge in [0.2, 0.25) is 0 Å². The first kappa shape index (κ1) is 16.4. The molecule has 0 aliphatic rings. The Kier molecular flexibility index (Phi) is 4.42. The highest BCUT2D eigenvalue weighted by molar-refractivity contribution is 7.22. The number of carbonyl (C=O) groups excluding carboxylic acids is 1. The molecule has 4 heteroatoms.